The Labute approximate surface area is 151 Å². The number of methoxy groups -OCH3 is 1. The molecule has 1 heterocycles. The fraction of sp³-hybridized carbons (Fsp3) is 0.450. The third-order valence-corrected chi connectivity index (χ3v) is 6.41. The molecule has 6 rings (SSSR count). The largest absolute Gasteiger partial charge is 0.497 e. The maximum atomic E-state index is 12.9. The standard InChI is InChI=1S/C20H20N2O4/c1-26-11-4-2-3-10(7-11)21-16(23)9-22-19(24)17-12-5-6-13(15-8-14(12)15)18(17)20(22)25/h2-7,12-15,17-18H,8-9H2,1H3,(H,21,23)/t12-,13-,14-,15-,17+,18+/m1/s1. The summed E-state index contributed by atoms with van der Waals surface area (Å²) in [5.41, 5.74) is 0.578. The van der Waals surface area contributed by atoms with Crippen molar-refractivity contribution in [2.45, 2.75) is 6.42 Å². The molecular formula is C20H20N2O4. The van der Waals surface area contributed by atoms with E-state index in [1.54, 1.807) is 31.4 Å². The lowest BCUT2D eigenvalue weighted by Gasteiger charge is -2.37. The number of hydrogen-bond acceptors (Lipinski definition) is 4. The fourth-order valence-electron chi connectivity index (χ4n) is 5.22. The topological polar surface area (TPSA) is 75.7 Å². The Morgan fingerprint density at radius 2 is 1.81 bits per heavy atom. The molecular weight excluding hydrogens is 332 g/mol. The highest BCUT2D eigenvalue weighted by molar-refractivity contribution is 6.09. The van der Waals surface area contributed by atoms with E-state index in [0.29, 0.717) is 23.3 Å². The molecule has 3 amide bonds. The molecule has 134 valence electrons. The average molecular weight is 352 g/mol. The van der Waals surface area contributed by atoms with E-state index in [-0.39, 0.29) is 47.9 Å². The smallest absolute Gasteiger partial charge is 0.244 e. The molecule has 2 bridgehead atoms. The number of ether oxygens (including phenoxy) is 1. The van der Waals surface area contributed by atoms with Crippen molar-refractivity contribution in [1.82, 2.24) is 4.90 Å². The Hall–Kier alpha value is -2.63. The van der Waals surface area contributed by atoms with Gasteiger partial charge in [0.05, 0.1) is 18.9 Å². The van der Waals surface area contributed by atoms with Crippen molar-refractivity contribution < 1.29 is 19.1 Å². The summed E-state index contributed by atoms with van der Waals surface area (Å²) in [6, 6.07) is 6.99. The summed E-state index contributed by atoms with van der Waals surface area (Å²) in [6.07, 6.45) is 5.39. The number of allylic oxidation sites excluding steroid dienone is 2. The van der Waals surface area contributed by atoms with Gasteiger partial charge in [-0.1, -0.05) is 18.2 Å². The lowest BCUT2D eigenvalue weighted by atomic mass is 9.63. The fourth-order valence-corrected chi connectivity index (χ4v) is 5.22. The molecule has 5 aliphatic rings. The van der Waals surface area contributed by atoms with Crippen molar-refractivity contribution in [3.8, 4) is 5.75 Å². The number of carbonyl (C=O) groups is 3. The number of imide groups is 1. The van der Waals surface area contributed by atoms with Crippen molar-refractivity contribution in [2.75, 3.05) is 19.0 Å². The summed E-state index contributed by atoms with van der Waals surface area (Å²) < 4.78 is 5.14. The molecule has 1 aromatic rings. The van der Waals surface area contributed by atoms with Crippen LogP contribution < -0.4 is 10.1 Å². The van der Waals surface area contributed by atoms with Gasteiger partial charge in [0.25, 0.3) is 0 Å². The maximum Gasteiger partial charge on any atom is 0.244 e. The van der Waals surface area contributed by atoms with Crippen molar-refractivity contribution in [1.29, 1.82) is 0 Å². The van der Waals surface area contributed by atoms with Crippen LogP contribution >= 0.6 is 0 Å². The van der Waals surface area contributed by atoms with Gasteiger partial charge in [0.2, 0.25) is 17.7 Å². The van der Waals surface area contributed by atoms with Crippen LogP contribution in [0.15, 0.2) is 36.4 Å². The first-order valence-electron chi connectivity index (χ1n) is 9.06. The predicted octanol–water partition coefficient (Wildman–Crippen LogP) is 1.69. The third-order valence-electron chi connectivity index (χ3n) is 6.41. The number of nitrogens with one attached hydrogen (secondary N) is 1. The second-order valence-electron chi connectivity index (χ2n) is 7.70. The number of carbonyl (C=O) groups excluding carboxylic acids is 3. The summed E-state index contributed by atoms with van der Waals surface area (Å²) >= 11 is 0. The van der Waals surface area contributed by atoms with Crippen LogP contribution in [0.4, 0.5) is 5.69 Å². The molecule has 0 aromatic heterocycles. The van der Waals surface area contributed by atoms with E-state index in [9.17, 15) is 14.4 Å². The average Bonchev–Trinajstić information content (AvgIpc) is 3.43. The number of rotatable bonds is 4. The molecule has 1 aliphatic heterocycles. The normalized spacial score (nSPS) is 36.0. The minimum Gasteiger partial charge on any atom is -0.497 e. The Balaban J connectivity index is 1.31. The third kappa shape index (κ3) is 2.14. The molecule has 0 radical (unpaired) electrons. The Bertz CT molecular complexity index is 812. The first-order chi connectivity index (χ1) is 12.6. The molecule has 1 aromatic carbocycles. The van der Waals surface area contributed by atoms with Gasteiger partial charge in [-0.05, 0) is 42.2 Å². The number of benzene rings is 1. The van der Waals surface area contributed by atoms with Gasteiger partial charge in [-0.3, -0.25) is 19.3 Å². The highest BCUT2D eigenvalue weighted by Gasteiger charge is 2.67. The van der Waals surface area contributed by atoms with Crippen LogP contribution in [0.2, 0.25) is 0 Å². The van der Waals surface area contributed by atoms with Crippen LogP contribution in [-0.2, 0) is 14.4 Å². The molecule has 6 nitrogen and oxygen atoms in total. The van der Waals surface area contributed by atoms with Gasteiger partial charge < -0.3 is 10.1 Å². The van der Waals surface area contributed by atoms with Gasteiger partial charge in [0, 0.05) is 11.8 Å². The zero-order valence-electron chi connectivity index (χ0n) is 14.4. The summed E-state index contributed by atoms with van der Waals surface area (Å²) in [5, 5.41) is 2.74. The zero-order valence-corrected chi connectivity index (χ0v) is 14.4. The minimum absolute atomic E-state index is 0.175. The van der Waals surface area contributed by atoms with E-state index >= 15 is 0 Å². The predicted molar refractivity (Wildman–Crippen MR) is 93.0 cm³/mol. The van der Waals surface area contributed by atoms with Crippen LogP contribution in [-0.4, -0.2) is 36.3 Å². The van der Waals surface area contributed by atoms with E-state index in [0.717, 1.165) is 6.42 Å². The second kappa shape index (κ2) is 5.43. The van der Waals surface area contributed by atoms with Crippen molar-refractivity contribution in [3.05, 3.63) is 36.4 Å². The van der Waals surface area contributed by atoms with Crippen LogP contribution in [0, 0.1) is 35.5 Å². The Morgan fingerprint density at radius 3 is 2.42 bits per heavy atom. The molecule has 26 heavy (non-hydrogen) atoms. The first kappa shape index (κ1) is 15.6. The summed E-state index contributed by atoms with van der Waals surface area (Å²) in [5.74, 6) is 0.874. The number of hydrogen-bond donors (Lipinski definition) is 1. The maximum absolute atomic E-state index is 12.9. The van der Waals surface area contributed by atoms with Gasteiger partial charge in [0.1, 0.15) is 12.3 Å². The van der Waals surface area contributed by atoms with Gasteiger partial charge in [-0.15, -0.1) is 0 Å². The summed E-state index contributed by atoms with van der Waals surface area (Å²) in [4.78, 5) is 39.3. The van der Waals surface area contributed by atoms with Crippen LogP contribution in [0.3, 0.4) is 0 Å². The summed E-state index contributed by atoms with van der Waals surface area (Å²) in [6.45, 7) is -0.226. The van der Waals surface area contributed by atoms with Gasteiger partial charge in [-0.25, -0.2) is 0 Å². The van der Waals surface area contributed by atoms with Crippen molar-refractivity contribution in [2.24, 2.45) is 35.5 Å². The van der Waals surface area contributed by atoms with E-state index in [1.807, 2.05) is 0 Å². The van der Waals surface area contributed by atoms with Gasteiger partial charge in [0.15, 0.2) is 0 Å². The summed E-state index contributed by atoms with van der Waals surface area (Å²) in [7, 11) is 1.55. The monoisotopic (exact) mass is 352 g/mol. The van der Waals surface area contributed by atoms with Gasteiger partial charge in [-0.2, -0.15) is 0 Å². The highest BCUT2D eigenvalue weighted by atomic mass is 16.5. The molecule has 0 unspecified atom stereocenters. The number of nitrogens with zero attached hydrogens (tertiary/aromatic N) is 1. The number of amides is 3. The highest BCUT2D eigenvalue weighted by Crippen LogP contribution is 2.65. The first-order valence-corrected chi connectivity index (χ1v) is 9.06. The quantitative estimate of drug-likeness (QED) is 0.661. The minimum atomic E-state index is -0.371. The van der Waals surface area contributed by atoms with Crippen LogP contribution in [0.1, 0.15) is 6.42 Å². The Morgan fingerprint density at radius 1 is 1.15 bits per heavy atom. The van der Waals surface area contributed by atoms with Crippen LogP contribution in [0.5, 0.6) is 5.75 Å². The number of anilines is 1. The molecule has 1 N–H and O–H groups in total. The molecule has 3 fully saturated rings. The number of likely N-dealkylation sites (tertiary alicyclic amines) is 1. The van der Waals surface area contributed by atoms with E-state index in [2.05, 4.69) is 17.5 Å². The van der Waals surface area contributed by atoms with E-state index in [1.165, 1.54) is 4.90 Å². The SMILES string of the molecule is COc1cccc(NC(=O)CN2C(=O)[C@H]3[C@@H]4C=C[C@H]([C@H]5C[C@H]45)[C@@H]3C2=O)c1. The van der Waals surface area contributed by atoms with Crippen molar-refractivity contribution >= 4 is 23.4 Å². The van der Waals surface area contributed by atoms with Gasteiger partial charge >= 0.3 is 0 Å². The Kier molecular flexibility index (Phi) is 3.26. The van der Waals surface area contributed by atoms with E-state index < -0.39 is 0 Å². The molecule has 6 heteroatoms. The molecule has 2 saturated carbocycles. The lowest BCUT2D eigenvalue weighted by Crippen LogP contribution is -2.40. The van der Waals surface area contributed by atoms with Crippen molar-refractivity contribution in [3.63, 3.8) is 0 Å². The molecule has 0 spiro atoms. The molecule has 6 atom stereocenters. The lowest BCUT2D eigenvalue weighted by molar-refractivity contribution is -0.142. The molecule has 4 aliphatic carbocycles. The zero-order chi connectivity index (χ0) is 18.0. The van der Waals surface area contributed by atoms with Crippen LogP contribution in [0.25, 0.3) is 0 Å². The second-order valence-corrected chi connectivity index (χ2v) is 7.70. The van der Waals surface area contributed by atoms with E-state index in [4.69, 9.17) is 4.74 Å². The molecule has 1 saturated heterocycles.